The molecule has 2 aromatic rings. The Morgan fingerprint density at radius 3 is 2.44 bits per heavy atom. The molecule has 0 fully saturated rings. The molecule has 0 aliphatic carbocycles. The Morgan fingerprint density at radius 1 is 1.00 bits per heavy atom. The van der Waals surface area contributed by atoms with Gasteiger partial charge in [-0.15, -0.1) is 0 Å². The van der Waals surface area contributed by atoms with Crippen LogP contribution in [0.1, 0.15) is 11.3 Å². The quantitative estimate of drug-likeness (QED) is 0.625. The van der Waals surface area contributed by atoms with Crippen molar-refractivity contribution in [3.05, 3.63) is 58.5 Å². The first-order valence-electron chi connectivity index (χ1n) is 4.70. The van der Waals surface area contributed by atoms with Crippen molar-refractivity contribution in [3.63, 3.8) is 0 Å². The minimum Gasteiger partial charge on any atom is -0.463 e. The summed E-state index contributed by atoms with van der Waals surface area (Å²) in [5, 5.41) is 7.79. The Bertz CT molecular complexity index is 486. The predicted octanol–water partition coefficient (Wildman–Crippen LogP) is 3.50. The predicted molar refractivity (Wildman–Crippen MR) is 68.0 cm³/mol. The van der Waals surface area contributed by atoms with Crippen LogP contribution in [0.4, 0.5) is 0 Å². The third kappa shape index (κ3) is 3.17. The minimum atomic E-state index is 0.688. The maximum absolute atomic E-state index is 5.07. The average molecular weight is 277 g/mol. The fourth-order valence-electron chi connectivity index (χ4n) is 1.10. The van der Waals surface area contributed by atoms with Crippen LogP contribution in [0, 0.1) is 0 Å². The number of benzene rings is 1. The lowest BCUT2D eigenvalue weighted by molar-refractivity contribution is 0.560. The molecule has 2 rings (SSSR count). The van der Waals surface area contributed by atoms with E-state index >= 15 is 0 Å². The zero-order valence-corrected chi connectivity index (χ0v) is 9.96. The van der Waals surface area contributed by atoms with E-state index in [1.54, 1.807) is 24.8 Å². The summed E-state index contributed by atoms with van der Waals surface area (Å²) in [7, 11) is 0. The molecule has 0 atom stereocenters. The third-order valence-corrected chi connectivity index (χ3v) is 2.40. The first kappa shape index (κ1) is 10.8. The van der Waals surface area contributed by atoms with Crippen LogP contribution in [0.25, 0.3) is 0 Å². The number of hydrogen-bond donors (Lipinski definition) is 0. The molecule has 0 amide bonds. The van der Waals surface area contributed by atoms with Gasteiger partial charge in [0.15, 0.2) is 0 Å². The van der Waals surface area contributed by atoms with E-state index in [0.29, 0.717) is 5.76 Å². The molecule has 1 aromatic carbocycles. The molecule has 0 unspecified atom stereocenters. The van der Waals surface area contributed by atoms with Crippen molar-refractivity contribution >= 4 is 28.4 Å². The molecule has 0 bridgehead atoms. The molecule has 0 radical (unpaired) electrons. The molecule has 0 aliphatic heterocycles. The highest BCUT2D eigenvalue weighted by Crippen LogP contribution is 2.09. The molecule has 3 nitrogen and oxygen atoms in total. The monoisotopic (exact) mass is 276 g/mol. The Kier molecular flexibility index (Phi) is 3.66. The maximum atomic E-state index is 5.07. The zero-order chi connectivity index (χ0) is 11.2. The molecular formula is C12H9BrN2O. The van der Waals surface area contributed by atoms with Gasteiger partial charge in [0, 0.05) is 4.47 Å². The smallest absolute Gasteiger partial charge is 0.146 e. The summed E-state index contributed by atoms with van der Waals surface area (Å²) in [6, 6.07) is 11.4. The molecule has 1 aromatic heterocycles. The van der Waals surface area contributed by atoms with Gasteiger partial charge in [0.05, 0.1) is 18.7 Å². The highest BCUT2D eigenvalue weighted by molar-refractivity contribution is 9.10. The Balaban J connectivity index is 1.97. The number of halogens is 1. The second-order valence-electron chi connectivity index (χ2n) is 3.06. The van der Waals surface area contributed by atoms with E-state index in [0.717, 1.165) is 10.0 Å². The summed E-state index contributed by atoms with van der Waals surface area (Å²) in [5.74, 6) is 0.688. The van der Waals surface area contributed by atoms with E-state index in [1.807, 2.05) is 30.3 Å². The summed E-state index contributed by atoms with van der Waals surface area (Å²) in [4.78, 5) is 0. The van der Waals surface area contributed by atoms with Gasteiger partial charge in [0.25, 0.3) is 0 Å². The summed E-state index contributed by atoms with van der Waals surface area (Å²) in [6.45, 7) is 0. The van der Waals surface area contributed by atoms with E-state index in [4.69, 9.17) is 4.42 Å². The number of furan rings is 1. The van der Waals surface area contributed by atoms with Gasteiger partial charge in [0.1, 0.15) is 5.76 Å². The topological polar surface area (TPSA) is 37.9 Å². The first-order valence-corrected chi connectivity index (χ1v) is 5.49. The number of rotatable bonds is 3. The second-order valence-corrected chi connectivity index (χ2v) is 3.97. The Hall–Kier alpha value is -1.68. The van der Waals surface area contributed by atoms with Crippen LogP contribution in [0.3, 0.4) is 0 Å². The minimum absolute atomic E-state index is 0.688. The highest BCUT2D eigenvalue weighted by Gasteiger charge is 1.88. The van der Waals surface area contributed by atoms with Crippen molar-refractivity contribution in [2.45, 2.75) is 0 Å². The molecule has 0 aliphatic rings. The molecule has 80 valence electrons. The van der Waals surface area contributed by atoms with Crippen LogP contribution in [-0.4, -0.2) is 12.4 Å². The van der Waals surface area contributed by atoms with Crippen LogP contribution in [0.5, 0.6) is 0 Å². The molecule has 4 heteroatoms. The Labute approximate surface area is 102 Å². The summed E-state index contributed by atoms with van der Waals surface area (Å²) in [6.07, 6.45) is 4.85. The van der Waals surface area contributed by atoms with Gasteiger partial charge in [-0.2, -0.15) is 10.2 Å². The second kappa shape index (κ2) is 5.42. The summed E-state index contributed by atoms with van der Waals surface area (Å²) in [5.41, 5.74) is 1.000. The maximum Gasteiger partial charge on any atom is 0.146 e. The van der Waals surface area contributed by atoms with E-state index in [2.05, 4.69) is 26.1 Å². The largest absolute Gasteiger partial charge is 0.463 e. The fraction of sp³-hybridized carbons (Fsp3) is 0. The zero-order valence-electron chi connectivity index (χ0n) is 8.38. The molecule has 0 saturated carbocycles. The van der Waals surface area contributed by atoms with Crippen molar-refractivity contribution in [2.24, 2.45) is 10.2 Å². The van der Waals surface area contributed by atoms with Crippen LogP contribution in [0.15, 0.2) is 61.8 Å². The van der Waals surface area contributed by atoms with E-state index < -0.39 is 0 Å². The molecule has 0 N–H and O–H groups in total. The average Bonchev–Trinajstić information content (AvgIpc) is 2.80. The van der Waals surface area contributed by atoms with Gasteiger partial charge in [-0.1, -0.05) is 28.1 Å². The Morgan fingerprint density at radius 2 is 1.75 bits per heavy atom. The van der Waals surface area contributed by atoms with Crippen molar-refractivity contribution in [1.29, 1.82) is 0 Å². The van der Waals surface area contributed by atoms with Crippen LogP contribution < -0.4 is 0 Å². The molecule has 0 spiro atoms. The van der Waals surface area contributed by atoms with Crippen molar-refractivity contribution < 1.29 is 4.42 Å². The van der Waals surface area contributed by atoms with E-state index in [-0.39, 0.29) is 0 Å². The molecule has 1 heterocycles. The number of nitrogens with zero attached hydrogens (tertiary/aromatic N) is 2. The van der Waals surface area contributed by atoms with Gasteiger partial charge < -0.3 is 4.42 Å². The lowest BCUT2D eigenvalue weighted by atomic mass is 10.2. The van der Waals surface area contributed by atoms with Crippen molar-refractivity contribution in [3.8, 4) is 0 Å². The molecular weight excluding hydrogens is 268 g/mol. The third-order valence-electron chi connectivity index (χ3n) is 1.87. The van der Waals surface area contributed by atoms with E-state index in [1.165, 1.54) is 0 Å². The lowest BCUT2D eigenvalue weighted by Crippen LogP contribution is -1.79. The normalized spacial score (nSPS) is 11.6. The fourth-order valence-corrected chi connectivity index (χ4v) is 1.37. The van der Waals surface area contributed by atoms with Crippen LogP contribution in [0.2, 0.25) is 0 Å². The number of hydrogen-bond acceptors (Lipinski definition) is 3. The standard InChI is InChI=1S/C12H9BrN2O/c13-11-5-3-10(4-6-11)8-14-15-9-12-2-1-7-16-12/h1-9H/b14-8+,15-9+. The summed E-state index contributed by atoms with van der Waals surface area (Å²) < 4.78 is 6.12. The van der Waals surface area contributed by atoms with Crippen LogP contribution in [-0.2, 0) is 0 Å². The first-order chi connectivity index (χ1) is 7.84. The van der Waals surface area contributed by atoms with Gasteiger partial charge in [-0.3, -0.25) is 0 Å². The molecule has 0 saturated heterocycles. The van der Waals surface area contributed by atoms with Crippen molar-refractivity contribution in [1.82, 2.24) is 0 Å². The van der Waals surface area contributed by atoms with Crippen LogP contribution >= 0.6 is 15.9 Å². The van der Waals surface area contributed by atoms with Gasteiger partial charge >= 0.3 is 0 Å². The van der Waals surface area contributed by atoms with E-state index in [9.17, 15) is 0 Å². The molecule has 16 heavy (non-hydrogen) atoms. The highest BCUT2D eigenvalue weighted by atomic mass is 79.9. The lowest BCUT2D eigenvalue weighted by Gasteiger charge is -1.90. The van der Waals surface area contributed by atoms with Gasteiger partial charge in [-0.25, -0.2) is 0 Å². The van der Waals surface area contributed by atoms with Gasteiger partial charge in [-0.05, 0) is 29.8 Å². The van der Waals surface area contributed by atoms with Crippen molar-refractivity contribution in [2.75, 3.05) is 0 Å². The van der Waals surface area contributed by atoms with Gasteiger partial charge in [0.2, 0.25) is 0 Å². The summed E-state index contributed by atoms with van der Waals surface area (Å²) >= 11 is 3.37. The SMILES string of the molecule is Brc1ccc(/C=N/N=C/c2ccco2)cc1.